The molecule has 3 heteroatoms. The minimum atomic E-state index is 0. The molecule has 0 saturated heterocycles. The van der Waals surface area contributed by atoms with Gasteiger partial charge in [-0.1, -0.05) is 35.4 Å². The van der Waals surface area contributed by atoms with Gasteiger partial charge in [0.1, 0.15) is 0 Å². The zero-order chi connectivity index (χ0) is 18.9. The fourth-order valence-corrected chi connectivity index (χ4v) is 2.99. The van der Waals surface area contributed by atoms with Gasteiger partial charge in [0.2, 0.25) is 0 Å². The van der Waals surface area contributed by atoms with Gasteiger partial charge in [-0.25, -0.2) is 12.1 Å². The number of benzene rings is 2. The van der Waals surface area contributed by atoms with Crippen LogP contribution >= 0.6 is 0 Å². The molecule has 148 valence electrons. The molecule has 0 N–H and O–H groups in total. The summed E-state index contributed by atoms with van der Waals surface area (Å²) in [5.41, 5.74) is 5.51. The van der Waals surface area contributed by atoms with Crippen LogP contribution in [0.4, 0.5) is 0 Å². The van der Waals surface area contributed by atoms with Gasteiger partial charge in [0.25, 0.3) is 0 Å². The van der Waals surface area contributed by atoms with Crippen molar-refractivity contribution < 1.29 is 48.7 Å². The van der Waals surface area contributed by atoms with Crippen molar-refractivity contribution in [3.63, 3.8) is 0 Å². The Balaban J connectivity index is 0.000000423. The number of rotatable bonds is 2. The van der Waals surface area contributed by atoms with E-state index in [0.29, 0.717) is 0 Å². The van der Waals surface area contributed by atoms with E-state index < -0.39 is 0 Å². The molecule has 0 fully saturated rings. The van der Waals surface area contributed by atoms with Crippen LogP contribution in [0.3, 0.4) is 0 Å². The van der Waals surface area contributed by atoms with Gasteiger partial charge in [0, 0.05) is 0 Å². The van der Waals surface area contributed by atoms with Crippen molar-refractivity contribution in [1.29, 1.82) is 0 Å². The Hall–Kier alpha value is -0.890. The van der Waals surface area contributed by atoms with Crippen molar-refractivity contribution in [2.24, 2.45) is 11.8 Å². The van der Waals surface area contributed by atoms with Crippen LogP contribution in [-0.2, 0) is 30.3 Å². The van der Waals surface area contributed by atoms with E-state index in [1.165, 1.54) is 46.1 Å². The molecule has 0 unspecified atom stereocenters. The summed E-state index contributed by atoms with van der Waals surface area (Å²) in [5, 5.41) is 0. The van der Waals surface area contributed by atoms with Crippen LogP contribution in [0, 0.1) is 17.9 Å². The molecule has 3 aromatic carbocycles. The average molecular weight is 578 g/mol. The first kappa shape index (κ1) is 27.1. The van der Waals surface area contributed by atoms with Gasteiger partial charge >= 0.3 is 66.7 Å². The van der Waals surface area contributed by atoms with Gasteiger partial charge in [-0.3, -0.25) is 0 Å². The molecule has 28 heavy (non-hydrogen) atoms. The Morgan fingerprint density at radius 3 is 1.93 bits per heavy atom. The molecule has 0 aromatic heterocycles. The molecule has 0 spiro atoms. The van der Waals surface area contributed by atoms with E-state index in [1.807, 2.05) is 36.4 Å². The fourth-order valence-electron chi connectivity index (χ4n) is 2.99. The van der Waals surface area contributed by atoms with E-state index in [1.54, 1.807) is 3.26 Å². The van der Waals surface area contributed by atoms with Crippen molar-refractivity contribution in [2.75, 3.05) is 0 Å². The number of hydrogen-bond acceptors (Lipinski definition) is 0. The maximum atomic E-state index is 3.30. The molecule has 1 aliphatic carbocycles. The molecule has 1 aliphatic rings. The van der Waals surface area contributed by atoms with Crippen molar-refractivity contribution in [1.82, 2.24) is 0 Å². The summed E-state index contributed by atoms with van der Waals surface area (Å²) >= 11 is 1.27. The molecule has 0 aliphatic heterocycles. The van der Waals surface area contributed by atoms with Gasteiger partial charge in [-0.2, -0.15) is 48.0 Å². The van der Waals surface area contributed by atoms with Crippen molar-refractivity contribution >= 4 is 3.26 Å². The van der Waals surface area contributed by atoms with Gasteiger partial charge in [-0.15, -0.1) is 5.56 Å². The topological polar surface area (TPSA) is 0 Å². The van der Waals surface area contributed by atoms with Crippen molar-refractivity contribution in [2.45, 2.75) is 34.1 Å². The Kier molecular flexibility index (Phi) is 13.7. The summed E-state index contributed by atoms with van der Waals surface area (Å²) in [6, 6.07) is 28.1. The first-order valence-corrected chi connectivity index (χ1v) is 11.1. The largest absolute Gasteiger partial charge is 1.00 e. The molecule has 4 rings (SSSR count). The molecule has 0 atom stereocenters. The van der Waals surface area contributed by atoms with Crippen LogP contribution in [0.1, 0.15) is 38.8 Å². The average Bonchev–Trinajstić information content (AvgIpc) is 3.32. The fraction of sp³-hybridized carbons (Fsp3) is 0.280. The Morgan fingerprint density at radius 1 is 0.857 bits per heavy atom. The quantitative estimate of drug-likeness (QED) is 0.240. The maximum absolute atomic E-state index is 3.30. The van der Waals surface area contributed by atoms with E-state index in [-0.39, 0.29) is 24.8 Å². The van der Waals surface area contributed by atoms with Crippen molar-refractivity contribution in [3.05, 3.63) is 90.0 Å². The molecule has 0 radical (unpaired) electrons. The Bertz CT molecular complexity index is 734. The smallest absolute Gasteiger partial charge is 0.0253 e. The molecule has 0 heterocycles. The Labute approximate surface area is 198 Å². The van der Waals surface area contributed by atoms with Crippen LogP contribution in [0.2, 0.25) is 0 Å². The first-order chi connectivity index (χ1) is 12.5. The summed E-state index contributed by atoms with van der Waals surface area (Å²) in [5.74, 6) is 1.64. The van der Waals surface area contributed by atoms with E-state index >= 15 is 0 Å². The standard InChI is InChI=1S/C13H9.C7H14.C5H5.2ClH.Hf/c1-3-7-12-10(5-1)9-11-6-2-4-8-13(11)12;1-6(2)5-7(3)4;1-2-4-5-3-1;;;/h1-5,7-8H,9H2;6-7H,1-4H3;1-5H;2*1H;/q-1;;-1;;;+2/p-2. The molecule has 0 bridgehead atoms. The van der Waals surface area contributed by atoms with E-state index in [2.05, 4.69) is 70.2 Å². The molecule has 0 amide bonds. The molecule has 0 nitrogen and oxygen atoms in total. The summed E-state index contributed by atoms with van der Waals surface area (Å²) in [6.45, 7) is 9.12. The monoisotopic (exact) mass is 578 g/mol. The summed E-state index contributed by atoms with van der Waals surface area (Å²) < 4.78 is 1.74. The number of halogens is 2. The zero-order valence-electron chi connectivity index (χ0n) is 17.0. The van der Waals surface area contributed by atoms with Gasteiger partial charge < -0.3 is 24.8 Å². The molecule has 0 saturated carbocycles. The second-order valence-electron chi connectivity index (χ2n) is 7.12. The van der Waals surface area contributed by atoms with Crippen LogP contribution in [-0.4, -0.2) is 3.26 Å². The molecular weight excluding hydrogens is 550 g/mol. The maximum Gasteiger partial charge on any atom is -0.0253 e. The van der Waals surface area contributed by atoms with Crippen LogP contribution in [0.5, 0.6) is 0 Å². The van der Waals surface area contributed by atoms with E-state index in [9.17, 15) is 0 Å². The second kappa shape index (κ2) is 14.1. The molecular formula is C25H28Cl2Hf-2. The van der Waals surface area contributed by atoms with Gasteiger partial charge in [0.15, 0.2) is 0 Å². The second-order valence-corrected chi connectivity index (χ2v) is 9.20. The first-order valence-electron chi connectivity index (χ1n) is 9.33. The third kappa shape index (κ3) is 8.23. The normalized spacial score (nSPS) is 10.3. The summed E-state index contributed by atoms with van der Waals surface area (Å²) in [6.07, 6.45) is 1.05. The number of hydrogen-bond donors (Lipinski definition) is 0. The Morgan fingerprint density at radius 2 is 1.43 bits per heavy atom. The van der Waals surface area contributed by atoms with Crippen LogP contribution in [0.25, 0.3) is 11.1 Å². The van der Waals surface area contributed by atoms with Crippen molar-refractivity contribution in [3.8, 4) is 11.1 Å². The van der Waals surface area contributed by atoms with Gasteiger partial charge in [-0.05, 0) is 6.42 Å². The minimum Gasteiger partial charge on any atom is -1.00 e. The summed E-state index contributed by atoms with van der Waals surface area (Å²) in [7, 11) is 0. The SMILES string of the molecule is CC(C)[C](=[Hf+2])C(C)C.[Cl-].[Cl-].[c-]1cccc2c1Cc1ccccc1-2.c1cc[cH-]c1. The predicted octanol–water partition coefficient (Wildman–Crippen LogP) is 0.489. The van der Waals surface area contributed by atoms with Crippen LogP contribution in [0.15, 0.2) is 72.8 Å². The predicted molar refractivity (Wildman–Crippen MR) is 110 cm³/mol. The summed E-state index contributed by atoms with van der Waals surface area (Å²) in [4.78, 5) is 0. The molecule has 3 aromatic rings. The van der Waals surface area contributed by atoms with Crippen LogP contribution < -0.4 is 24.8 Å². The third-order valence-corrected chi connectivity index (χ3v) is 8.56. The van der Waals surface area contributed by atoms with E-state index in [4.69, 9.17) is 0 Å². The van der Waals surface area contributed by atoms with E-state index in [0.717, 1.165) is 18.3 Å². The third-order valence-electron chi connectivity index (χ3n) is 4.42. The minimum absolute atomic E-state index is 0. The zero-order valence-corrected chi connectivity index (χ0v) is 22.2. The van der Waals surface area contributed by atoms with Gasteiger partial charge in [0.05, 0.1) is 0 Å². The number of fused-ring (bicyclic) bond motifs is 3.